The highest BCUT2D eigenvalue weighted by molar-refractivity contribution is 5.51. The maximum absolute atomic E-state index is 2.22. The minimum absolute atomic E-state index is 0.916. The Balaban J connectivity index is 1.93. The van der Waals surface area contributed by atoms with Crippen LogP contribution in [0, 0.1) is 0 Å². The first-order chi connectivity index (χ1) is 8.36. The second-order valence-corrected chi connectivity index (χ2v) is 4.03. The smallest absolute Gasteiger partial charge is 0.0366 e. The van der Waals surface area contributed by atoms with Crippen molar-refractivity contribution in [1.29, 1.82) is 0 Å². The maximum atomic E-state index is 2.22. The van der Waals surface area contributed by atoms with Crippen molar-refractivity contribution in [3.8, 4) is 0 Å². The van der Waals surface area contributed by atoms with Crippen LogP contribution in [-0.4, -0.2) is 13.6 Å². The van der Waals surface area contributed by atoms with Crippen molar-refractivity contribution in [2.75, 3.05) is 18.5 Å². The van der Waals surface area contributed by atoms with Crippen LogP contribution >= 0.6 is 0 Å². The molecule has 0 saturated heterocycles. The fourth-order valence-electron chi connectivity index (χ4n) is 1.70. The number of para-hydroxylation sites is 1. The van der Waals surface area contributed by atoms with Gasteiger partial charge in [0, 0.05) is 19.3 Å². The molecule has 1 heteroatoms. The lowest BCUT2D eigenvalue weighted by atomic mass is 10.2. The average Bonchev–Trinajstić information content (AvgIpc) is 2.41. The molecule has 1 nitrogen and oxygen atoms in total. The van der Waals surface area contributed by atoms with Crippen LogP contribution in [0.1, 0.15) is 5.56 Å². The number of likely N-dealkylation sites (N-methyl/N-ethyl adjacent to an activating group) is 1. The van der Waals surface area contributed by atoms with E-state index in [1.54, 1.807) is 0 Å². The molecule has 0 aliphatic carbocycles. The SMILES string of the molecule is CN(CC=Cc1ccccc1)c1ccccc1. The van der Waals surface area contributed by atoms with Gasteiger partial charge in [-0.1, -0.05) is 60.7 Å². The van der Waals surface area contributed by atoms with Crippen LogP contribution in [0.25, 0.3) is 6.08 Å². The van der Waals surface area contributed by atoms with Gasteiger partial charge in [0.05, 0.1) is 0 Å². The molecular weight excluding hydrogens is 206 g/mol. The molecule has 0 bridgehead atoms. The third kappa shape index (κ3) is 3.49. The van der Waals surface area contributed by atoms with Crippen LogP contribution in [0.5, 0.6) is 0 Å². The molecule has 0 radical (unpaired) electrons. The molecule has 0 heterocycles. The number of hydrogen-bond acceptors (Lipinski definition) is 1. The fraction of sp³-hybridized carbons (Fsp3) is 0.125. The highest BCUT2D eigenvalue weighted by Gasteiger charge is 1.95. The van der Waals surface area contributed by atoms with Crippen LogP contribution in [0.4, 0.5) is 5.69 Å². The molecule has 0 aliphatic rings. The second-order valence-electron chi connectivity index (χ2n) is 4.03. The van der Waals surface area contributed by atoms with Crippen molar-refractivity contribution < 1.29 is 0 Å². The second kappa shape index (κ2) is 5.90. The van der Waals surface area contributed by atoms with E-state index in [9.17, 15) is 0 Å². The van der Waals surface area contributed by atoms with Gasteiger partial charge in [-0.05, 0) is 17.7 Å². The first-order valence-electron chi connectivity index (χ1n) is 5.84. The van der Waals surface area contributed by atoms with Gasteiger partial charge in [-0.2, -0.15) is 0 Å². The normalized spacial score (nSPS) is 10.6. The van der Waals surface area contributed by atoms with E-state index in [1.165, 1.54) is 11.3 Å². The Labute approximate surface area is 103 Å². The topological polar surface area (TPSA) is 3.24 Å². The lowest BCUT2D eigenvalue weighted by Gasteiger charge is -2.16. The summed E-state index contributed by atoms with van der Waals surface area (Å²) in [4.78, 5) is 2.22. The first-order valence-corrected chi connectivity index (χ1v) is 5.84. The van der Waals surface area contributed by atoms with Crippen LogP contribution in [0.2, 0.25) is 0 Å². The van der Waals surface area contributed by atoms with Crippen molar-refractivity contribution in [3.63, 3.8) is 0 Å². The van der Waals surface area contributed by atoms with E-state index in [0.717, 1.165) is 6.54 Å². The summed E-state index contributed by atoms with van der Waals surface area (Å²) < 4.78 is 0. The molecule has 0 aliphatic heterocycles. The van der Waals surface area contributed by atoms with Gasteiger partial charge in [0.2, 0.25) is 0 Å². The lowest BCUT2D eigenvalue weighted by molar-refractivity contribution is 1.03. The molecule has 2 rings (SSSR count). The summed E-state index contributed by atoms with van der Waals surface area (Å²) in [5.74, 6) is 0. The largest absolute Gasteiger partial charge is 0.371 e. The van der Waals surface area contributed by atoms with Gasteiger partial charge in [0.25, 0.3) is 0 Å². The predicted octanol–water partition coefficient (Wildman–Crippen LogP) is 3.84. The first kappa shape index (κ1) is 11.5. The quantitative estimate of drug-likeness (QED) is 0.761. The van der Waals surface area contributed by atoms with Crippen molar-refractivity contribution in [2.45, 2.75) is 0 Å². The number of nitrogens with zero attached hydrogens (tertiary/aromatic N) is 1. The van der Waals surface area contributed by atoms with E-state index < -0.39 is 0 Å². The Bertz CT molecular complexity index is 459. The number of anilines is 1. The summed E-state index contributed by atoms with van der Waals surface area (Å²) in [6.45, 7) is 0.916. The van der Waals surface area contributed by atoms with E-state index in [1.807, 2.05) is 12.1 Å². The van der Waals surface area contributed by atoms with Gasteiger partial charge in [0.1, 0.15) is 0 Å². The molecule has 0 unspecified atom stereocenters. The zero-order valence-electron chi connectivity index (χ0n) is 10.1. The minimum atomic E-state index is 0.916. The van der Waals surface area contributed by atoms with Gasteiger partial charge >= 0.3 is 0 Å². The fourth-order valence-corrected chi connectivity index (χ4v) is 1.70. The van der Waals surface area contributed by atoms with Gasteiger partial charge in [-0.25, -0.2) is 0 Å². The summed E-state index contributed by atoms with van der Waals surface area (Å²) in [5, 5.41) is 0. The standard InChI is InChI=1S/C16H17N/c1-17(16-12-6-3-7-13-16)14-8-11-15-9-4-2-5-10-15/h2-13H,14H2,1H3. The van der Waals surface area contributed by atoms with E-state index in [0.29, 0.717) is 0 Å². The summed E-state index contributed by atoms with van der Waals surface area (Å²) in [5.41, 5.74) is 2.49. The maximum Gasteiger partial charge on any atom is 0.0366 e. The molecule has 2 aromatic rings. The molecule has 86 valence electrons. The van der Waals surface area contributed by atoms with E-state index in [-0.39, 0.29) is 0 Å². The monoisotopic (exact) mass is 223 g/mol. The van der Waals surface area contributed by atoms with Crippen molar-refractivity contribution in [3.05, 3.63) is 72.3 Å². The van der Waals surface area contributed by atoms with Gasteiger partial charge in [-0.15, -0.1) is 0 Å². The summed E-state index contributed by atoms with van der Waals surface area (Å²) in [6, 6.07) is 20.8. The summed E-state index contributed by atoms with van der Waals surface area (Å²) >= 11 is 0. The molecule has 0 atom stereocenters. The molecule has 0 aromatic heterocycles. The van der Waals surface area contributed by atoms with Crippen LogP contribution < -0.4 is 4.90 Å². The minimum Gasteiger partial charge on any atom is -0.371 e. The number of hydrogen-bond donors (Lipinski definition) is 0. The highest BCUT2D eigenvalue weighted by atomic mass is 15.1. The molecule has 0 saturated carbocycles. The lowest BCUT2D eigenvalue weighted by Crippen LogP contribution is -2.16. The molecule has 0 spiro atoms. The third-order valence-electron chi connectivity index (χ3n) is 2.69. The molecule has 0 fully saturated rings. The zero-order valence-corrected chi connectivity index (χ0v) is 10.1. The molecule has 0 amide bonds. The summed E-state index contributed by atoms with van der Waals surface area (Å²) in [6.07, 6.45) is 4.34. The Morgan fingerprint density at radius 3 is 2.12 bits per heavy atom. The van der Waals surface area contributed by atoms with Gasteiger partial charge in [-0.3, -0.25) is 0 Å². The van der Waals surface area contributed by atoms with Gasteiger partial charge in [0.15, 0.2) is 0 Å². The summed E-state index contributed by atoms with van der Waals surface area (Å²) in [7, 11) is 2.10. The molecule has 2 aromatic carbocycles. The van der Waals surface area contributed by atoms with E-state index in [4.69, 9.17) is 0 Å². The molecular formula is C16H17N. The number of rotatable bonds is 4. The predicted molar refractivity (Wildman–Crippen MR) is 75.2 cm³/mol. The van der Waals surface area contributed by atoms with E-state index >= 15 is 0 Å². The molecule has 17 heavy (non-hydrogen) atoms. The van der Waals surface area contributed by atoms with Crippen molar-refractivity contribution in [2.24, 2.45) is 0 Å². The van der Waals surface area contributed by atoms with Crippen LogP contribution in [0.3, 0.4) is 0 Å². The Kier molecular flexibility index (Phi) is 3.98. The zero-order chi connectivity index (χ0) is 11.9. The van der Waals surface area contributed by atoms with Crippen LogP contribution in [0.15, 0.2) is 66.7 Å². The Morgan fingerprint density at radius 2 is 1.47 bits per heavy atom. The van der Waals surface area contributed by atoms with E-state index in [2.05, 4.69) is 72.6 Å². The Hall–Kier alpha value is -2.02. The highest BCUT2D eigenvalue weighted by Crippen LogP contribution is 2.10. The average molecular weight is 223 g/mol. The van der Waals surface area contributed by atoms with Crippen molar-refractivity contribution in [1.82, 2.24) is 0 Å². The van der Waals surface area contributed by atoms with Crippen molar-refractivity contribution >= 4 is 11.8 Å². The molecule has 0 N–H and O–H groups in total. The van der Waals surface area contributed by atoms with Gasteiger partial charge < -0.3 is 4.90 Å². The third-order valence-corrected chi connectivity index (χ3v) is 2.69. The van der Waals surface area contributed by atoms with Crippen LogP contribution in [-0.2, 0) is 0 Å². The Morgan fingerprint density at radius 1 is 0.882 bits per heavy atom. The number of benzene rings is 2.